The molecule has 0 unspecified atom stereocenters. The first-order valence-corrected chi connectivity index (χ1v) is 7.78. The topological polar surface area (TPSA) is 58.2 Å². The van der Waals surface area contributed by atoms with Crippen LogP contribution in [0.2, 0.25) is 5.02 Å². The number of benzene rings is 1. The van der Waals surface area contributed by atoms with Crippen LogP contribution in [0, 0.1) is 0 Å². The maximum atomic E-state index is 11.2. The van der Waals surface area contributed by atoms with Crippen LogP contribution in [0.15, 0.2) is 36.0 Å². The number of thiocarbonyl (C=S) groups is 1. The van der Waals surface area contributed by atoms with Crippen molar-refractivity contribution in [2.24, 2.45) is 0 Å². The smallest absolute Gasteiger partial charge is 0.175 e. The predicted molar refractivity (Wildman–Crippen MR) is 77.5 cm³/mol. The quantitative estimate of drug-likeness (QED) is 0.818. The number of hydrogen-bond donors (Lipinski definition) is 2. The summed E-state index contributed by atoms with van der Waals surface area (Å²) in [6.07, 6.45) is 1.63. The third-order valence-electron chi connectivity index (χ3n) is 2.34. The van der Waals surface area contributed by atoms with Crippen LogP contribution in [0.3, 0.4) is 0 Å². The van der Waals surface area contributed by atoms with Crippen molar-refractivity contribution in [1.29, 1.82) is 0 Å². The Morgan fingerprint density at radius 1 is 1.22 bits per heavy atom. The number of hydrogen-bond acceptors (Lipinski definition) is 3. The Labute approximate surface area is 116 Å². The molecule has 1 aliphatic rings. The maximum absolute atomic E-state index is 11.2. The van der Waals surface area contributed by atoms with Gasteiger partial charge in [0.15, 0.2) is 14.9 Å². The Hall–Kier alpha value is -1.11. The van der Waals surface area contributed by atoms with E-state index in [1.165, 1.54) is 0 Å². The second kappa shape index (κ2) is 5.26. The number of nitrogens with one attached hydrogen (secondary N) is 2. The summed E-state index contributed by atoms with van der Waals surface area (Å²) < 4.78 is 22.5. The van der Waals surface area contributed by atoms with Crippen LogP contribution in [0.4, 0.5) is 5.69 Å². The zero-order valence-electron chi connectivity index (χ0n) is 9.31. The zero-order valence-corrected chi connectivity index (χ0v) is 11.7. The monoisotopic (exact) mass is 302 g/mol. The number of sulfone groups is 1. The average molecular weight is 303 g/mol. The SMILES string of the molecule is O=S1(=O)CC=C(NC(=S)Nc2ccc(Cl)cc2)C1. The Morgan fingerprint density at radius 2 is 1.89 bits per heavy atom. The summed E-state index contributed by atoms with van der Waals surface area (Å²) in [5, 5.41) is 6.82. The molecule has 1 aromatic rings. The van der Waals surface area contributed by atoms with Gasteiger partial charge in [-0.05, 0) is 42.6 Å². The summed E-state index contributed by atoms with van der Waals surface area (Å²) in [4.78, 5) is 0. The van der Waals surface area contributed by atoms with E-state index < -0.39 is 9.84 Å². The fraction of sp³-hybridized carbons (Fsp3) is 0.182. The van der Waals surface area contributed by atoms with Crippen molar-refractivity contribution < 1.29 is 8.42 Å². The van der Waals surface area contributed by atoms with Crippen molar-refractivity contribution in [2.75, 3.05) is 16.8 Å². The van der Waals surface area contributed by atoms with Gasteiger partial charge in [0.1, 0.15) is 0 Å². The molecule has 7 heteroatoms. The lowest BCUT2D eigenvalue weighted by Gasteiger charge is -2.10. The molecule has 0 saturated heterocycles. The highest BCUT2D eigenvalue weighted by Gasteiger charge is 2.20. The highest BCUT2D eigenvalue weighted by molar-refractivity contribution is 7.92. The first-order chi connectivity index (χ1) is 8.44. The van der Waals surface area contributed by atoms with Crippen LogP contribution >= 0.6 is 23.8 Å². The maximum Gasteiger partial charge on any atom is 0.175 e. The summed E-state index contributed by atoms with van der Waals surface area (Å²) in [5.41, 5.74) is 1.40. The fourth-order valence-corrected chi connectivity index (χ4v) is 3.12. The molecule has 96 valence electrons. The molecule has 1 heterocycles. The normalized spacial score (nSPS) is 17.1. The van der Waals surface area contributed by atoms with Crippen LogP contribution in [0.5, 0.6) is 0 Å². The van der Waals surface area contributed by atoms with E-state index in [-0.39, 0.29) is 11.5 Å². The van der Waals surface area contributed by atoms with Gasteiger partial charge in [0, 0.05) is 16.4 Å². The molecule has 0 saturated carbocycles. The van der Waals surface area contributed by atoms with Crippen molar-refractivity contribution in [3.63, 3.8) is 0 Å². The van der Waals surface area contributed by atoms with E-state index in [1.54, 1.807) is 30.3 Å². The highest BCUT2D eigenvalue weighted by Crippen LogP contribution is 2.14. The third kappa shape index (κ3) is 3.69. The van der Waals surface area contributed by atoms with Gasteiger partial charge in [0.2, 0.25) is 0 Å². The van der Waals surface area contributed by atoms with E-state index in [9.17, 15) is 8.42 Å². The molecule has 2 N–H and O–H groups in total. The predicted octanol–water partition coefficient (Wildman–Crippen LogP) is 1.94. The zero-order chi connectivity index (χ0) is 13.2. The molecule has 1 aromatic carbocycles. The molecule has 0 radical (unpaired) electrons. The molecule has 0 fully saturated rings. The van der Waals surface area contributed by atoms with Gasteiger partial charge in [0.25, 0.3) is 0 Å². The van der Waals surface area contributed by atoms with Crippen molar-refractivity contribution in [2.45, 2.75) is 0 Å². The molecule has 0 spiro atoms. The van der Waals surface area contributed by atoms with Crippen LogP contribution in [-0.4, -0.2) is 25.0 Å². The third-order valence-corrected chi connectivity index (χ3v) is 4.22. The Morgan fingerprint density at radius 3 is 2.44 bits per heavy atom. The molecule has 18 heavy (non-hydrogen) atoms. The molecule has 2 rings (SSSR count). The number of anilines is 1. The first-order valence-electron chi connectivity index (χ1n) is 5.18. The van der Waals surface area contributed by atoms with E-state index >= 15 is 0 Å². The minimum atomic E-state index is -2.98. The minimum Gasteiger partial charge on any atom is -0.335 e. The molecule has 0 aromatic heterocycles. The van der Waals surface area contributed by atoms with Gasteiger partial charge in [-0.1, -0.05) is 11.6 Å². The Kier molecular flexibility index (Phi) is 3.89. The fourth-order valence-electron chi connectivity index (χ4n) is 1.51. The van der Waals surface area contributed by atoms with Crippen molar-refractivity contribution >= 4 is 44.5 Å². The Balaban J connectivity index is 1.92. The van der Waals surface area contributed by atoms with Gasteiger partial charge in [-0.15, -0.1) is 0 Å². The van der Waals surface area contributed by atoms with Crippen molar-refractivity contribution in [1.82, 2.24) is 5.32 Å². The molecule has 0 bridgehead atoms. The molecular formula is C11H11ClN2O2S2. The second-order valence-corrected chi connectivity index (χ2v) is 6.82. The lowest BCUT2D eigenvalue weighted by Crippen LogP contribution is -2.28. The lowest BCUT2D eigenvalue weighted by atomic mass is 10.3. The molecule has 0 amide bonds. The Bertz CT molecular complexity index is 594. The van der Waals surface area contributed by atoms with Crippen LogP contribution < -0.4 is 10.6 Å². The van der Waals surface area contributed by atoms with Crippen molar-refractivity contribution in [3.8, 4) is 0 Å². The van der Waals surface area contributed by atoms with Crippen LogP contribution in [-0.2, 0) is 9.84 Å². The van der Waals surface area contributed by atoms with Gasteiger partial charge >= 0.3 is 0 Å². The van der Waals surface area contributed by atoms with Gasteiger partial charge in [-0.3, -0.25) is 0 Å². The van der Waals surface area contributed by atoms with E-state index in [4.69, 9.17) is 23.8 Å². The minimum absolute atomic E-state index is 0.00936. The van der Waals surface area contributed by atoms with Crippen molar-refractivity contribution in [3.05, 3.63) is 41.1 Å². The van der Waals surface area contributed by atoms with Gasteiger partial charge in [0.05, 0.1) is 11.5 Å². The van der Waals surface area contributed by atoms with E-state index in [0.29, 0.717) is 15.8 Å². The van der Waals surface area contributed by atoms with E-state index in [2.05, 4.69) is 10.6 Å². The van der Waals surface area contributed by atoms with E-state index in [1.807, 2.05) is 0 Å². The van der Waals surface area contributed by atoms with Gasteiger partial charge in [-0.25, -0.2) is 8.42 Å². The molecule has 0 aliphatic carbocycles. The largest absolute Gasteiger partial charge is 0.335 e. The van der Waals surface area contributed by atoms with Gasteiger partial charge < -0.3 is 10.6 Å². The highest BCUT2D eigenvalue weighted by atomic mass is 35.5. The summed E-state index contributed by atoms with van der Waals surface area (Å²) in [6.45, 7) is 0. The van der Waals surface area contributed by atoms with Crippen LogP contribution in [0.25, 0.3) is 0 Å². The summed E-state index contributed by atoms with van der Waals surface area (Å²) in [7, 11) is -2.98. The lowest BCUT2D eigenvalue weighted by molar-refractivity contribution is 0.603. The summed E-state index contributed by atoms with van der Waals surface area (Å²) in [5.74, 6) is 0.0777. The van der Waals surface area contributed by atoms with Crippen LogP contribution in [0.1, 0.15) is 0 Å². The molecule has 4 nitrogen and oxygen atoms in total. The standard InChI is InChI=1S/C11H11ClN2O2S2/c12-8-1-3-9(4-2-8)13-11(17)14-10-5-6-18(15,16)7-10/h1-5H,6-7H2,(H2,13,14,17). The average Bonchev–Trinajstić information content (AvgIpc) is 2.61. The number of halogens is 1. The summed E-state index contributed by atoms with van der Waals surface area (Å²) in [6, 6.07) is 7.06. The van der Waals surface area contributed by atoms with E-state index in [0.717, 1.165) is 5.69 Å². The van der Waals surface area contributed by atoms with Gasteiger partial charge in [-0.2, -0.15) is 0 Å². The summed E-state index contributed by atoms with van der Waals surface area (Å²) >= 11 is 10.9. The second-order valence-electron chi connectivity index (χ2n) is 3.87. The molecular weight excluding hydrogens is 292 g/mol. The molecule has 1 aliphatic heterocycles. The number of rotatable bonds is 2. The first kappa shape index (κ1) is 13.3. The molecule has 0 atom stereocenters.